The molecule has 0 saturated heterocycles. The zero-order chi connectivity index (χ0) is 14.4. The van der Waals surface area contributed by atoms with E-state index in [2.05, 4.69) is 35.1 Å². The van der Waals surface area contributed by atoms with Crippen LogP contribution in [0.5, 0.6) is 0 Å². The molecule has 1 aromatic carbocycles. The van der Waals surface area contributed by atoms with Gasteiger partial charge < -0.3 is 4.42 Å². The van der Waals surface area contributed by atoms with Crippen molar-refractivity contribution in [3.05, 3.63) is 59.9 Å². The first kappa shape index (κ1) is 12.1. The third kappa shape index (κ3) is 1.89. The van der Waals surface area contributed by atoms with E-state index in [1.54, 1.807) is 0 Å². The first-order chi connectivity index (χ1) is 10.2. The van der Waals surface area contributed by atoms with E-state index in [-0.39, 0.29) is 0 Å². The topological polar surface area (TPSA) is 38.9 Å². The summed E-state index contributed by atoms with van der Waals surface area (Å²) in [6, 6.07) is 14.3. The van der Waals surface area contributed by atoms with Gasteiger partial charge in [-0.25, -0.2) is 4.98 Å². The van der Waals surface area contributed by atoms with Crippen LogP contribution in [0.1, 0.15) is 11.3 Å². The number of aryl methyl sites for hydroxylation is 2. The van der Waals surface area contributed by atoms with Crippen LogP contribution in [0.25, 0.3) is 33.3 Å². The Hall–Kier alpha value is -2.68. The molecule has 3 heteroatoms. The Labute approximate surface area is 122 Å². The third-order valence-electron chi connectivity index (χ3n) is 3.69. The summed E-state index contributed by atoms with van der Waals surface area (Å²) < 4.78 is 6.01. The zero-order valence-corrected chi connectivity index (χ0v) is 11.9. The molecule has 0 fully saturated rings. The van der Waals surface area contributed by atoms with Crippen LogP contribution in [0.15, 0.2) is 53.1 Å². The maximum absolute atomic E-state index is 6.01. The van der Waals surface area contributed by atoms with Gasteiger partial charge in [0.2, 0.25) is 5.71 Å². The van der Waals surface area contributed by atoms with E-state index >= 15 is 0 Å². The Kier molecular flexibility index (Phi) is 2.54. The van der Waals surface area contributed by atoms with E-state index in [0.717, 1.165) is 33.3 Å². The second-order valence-corrected chi connectivity index (χ2v) is 5.31. The summed E-state index contributed by atoms with van der Waals surface area (Å²) in [6.45, 7) is 4.03. The molecular weight excluding hydrogens is 260 g/mol. The monoisotopic (exact) mass is 274 g/mol. The summed E-state index contributed by atoms with van der Waals surface area (Å²) in [5.41, 5.74) is 5.61. The fourth-order valence-electron chi connectivity index (χ4n) is 2.66. The number of para-hydroxylation sites is 1. The molecule has 0 amide bonds. The Morgan fingerprint density at radius 3 is 2.71 bits per heavy atom. The molecule has 0 unspecified atom stereocenters. The standard InChI is InChI=1S/C18H14N2O/c1-11-8-9-19-16(10-11)15-5-3-4-13-14-7-6-12(2)20-18(14)21-17(13)15/h3-10H,1-2H3. The van der Waals surface area contributed by atoms with E-state index in [4.69, 9.17) is 4.42 Å². The zero-order valence-electron chi connectivity index (χ0n) is 11.9. The quantitative estimate of drug-likeness (QED) is 0.506. The number of pyridine rings is 2. The summed E-state index contributed by atoms with van der Waals surface area (Å²) >= 11 is 0. The lowest BCUT2D eigenvalue weighted by Crippen LogP contribution is -1.84. The fraction of sp³-hybridized carbons (Fsp3) is 0.111. The molecule has 0 aliphatic carbocycles. The van der Waals surface area contributed by atoms with Gasteiger partial charge in [-0.05, 0) is 49.7 Å². The van der Waals surface area contributed by atoms with Gasteiger partial charge in [0.15, 0.2) is 0 Å². The normalized spacial score (nSPS) is 11.3. The average molecular weight is 274 g/mol. The molecule has 4 rings (SSSR count). The van der Waals surface area contributed by atoms with Gasteiger partial charge in [0.25, 0.3) is 0 Å². The van der Waals surface area contributed by atoms with Crippen molar-refractivity contribution in [1.29, 1.82) is 0 Å². The molecule has 3 nitrogen and oxygen atoms in total. The fourth-order valence-corrected chi connectivity index (χ4v) is 2.66. The van der Waals surface area contributed by atoms with Crippen molar-refractivity contribution in [3.63, 3.8) is 0 Å². The molecule has 0 radical (unpaired) electrons. The molecule has 21 heavy (non-hydrogen) atoms. The lowest BCUT2D eigenvalue weighted by atomic mass is 10.1. The first-order valence-corrected chi connectivity index (χ1v) is 6.94. The van der Waals surface area contributed by atoms with Crippen LogP contribution in [0.4, 0.5) is 0 Å². The minimum atomic E-state index is 0.685. The van der Waals surface area contributed by atoms with Crippen LogP contribution in [0, 0.1) is 13.8 Å². The van der Waals surface area contributed by atoms with Crippen LogP contribution >= 0.6 is 0 Å². The Bertz CT molecular complexity index is 969. The predicted molar refractivity (Wildman–Crippen MR) is 84.2 cm³/mol. The van der Waals surface area contributed by atoms with Crippen molar-refractivity contribution >= 4 is 22.1 Å². The van der Waals surface area contributed by atoms with E-state index in [9.17, 15) is 0 Å². The van der Waals surface area contributed by atoms with Crippen molar-refractivity contribution in [1.82, 2.24) is 9.97 Å². The highest BCUT2D eigenvalue weighted by atomic mass is 16.3. The summed E-state index contributed by atoms with van der Waals surface area (Å²) in [5, 5.41) is 2.13. The van der Waals surface area contributed by atoms with Gasteiger partial charge in [0, 0.05) is 28.2 Å². The van der Waals surface area contributed by atoms with Crippen molar-refractivity contribution in [2.45, 2.75) is 13.8 Å². The number of nitrogens with zero attached hydrogens (tertiary/aromatic N) is 2. The number of hydrogen-bond acceptors (Lipinski definition) is 3. The number of aromatic nitrogens is 2. The third-order valence-corrected chi connectivity index (χ3v) is 3.69. The summed E-state index contributed by atoms with van der Waals surface area (Å²) in [5.74, 6) is 0. The van der Waals surface area contributed by atoms with Gasteiger partial charge in [-0.1, -0.05) is 12.1 Å². The van der Waals surface area contributed by atoms with Crippen LogP contribution in [0.3, 0.4) is 0 Å². The van der Waals surface area contributed by atoms with Crippen LogP contribution in [-0.4, -0.2) is 9.97 Å². The lowest BCUT2D eigenvalue weighted by molar-refractivity contribution is 0.653. The summed E-state index contributed by atoms with van der Waals surface area (Å²) in [7, 11) is 0. The molecule has 0 atom stereocenters. The largest absolute Gasteiger partial charge is 0.437 e. The molecule has 0 bridgehead atoms. The molecular formula is C18H14N2O. The minimum Gasteiger partial charge on any atom is -0.437 e. The highest BCUT2D eigenvalue weighted by Crippen LogP contribution is 2.34. The van der Waals surface area contributed by atoms with Crippen molar-refractivity contribution < 1.29 is 4.42 Å². The second-order valence-electron chi connectivity index (χ2n) is 5.31. The molecule has 4 aromatic rings. The number of fused-ring (bicyclic) bond motifs is 3. The van der Waals surface area contributed by atoms with Crippen LogP contribution in [-0.2, 0) is 0 Å². The van der Waals surface area contributed by atoms with Crippen LogP contribution < -0.4 is 0 Å². The Balaban J connectivity index is 2.08. The predicted octanol–water partition coefficient (Wildman–Crippen LogP) is 4.66. The SMILES string of the molecule is Cc1ccnc(-c2cccc3c2oc2nc(C)ccc23)c1. The number of benzene rings is 1. The molecule has 3 heterocycles. The molecule has 102 valence electrons. The van der Waals surface area contributed by atoms with Gasteiger partial charge in [0.1, 0.15) is 5.58 Å². The Morgan fingerprint density at radius 1 is 0.952 bits per heavy atom. The maximum Gasteiger partial charge on any atom is 0.227 e. The molecule has 0 N–H and O–H groups in total. The highest BCUT2D eigenvalue weighted by Gasteiger charge is 2.13. The van der Waals surface area contributed by atoms with Gasteiger partial charge in [-0.3, -0.25) is 4.98 Å². The number of furan rings is 1. The first-order valence-electron chi connectivity index (χ1n) is 6.94. The molecule has 3 aromatic heterocycles. The van der Waals surface area contributed by atoms with Gasteiger partial charge in [-0.15, -0.1) is 0 Å². The molecule has 0 aliphatic heterocycles. The summed E-state index contributed by atoms with van der Waals surface area (Å²) in [6.07, 6.45) is 1.83. The van der Waals surface area contributed by atoms with Crippen LogP contribution in [0.2, 0.25) is 0 Å². The van der Waals surface area contributed by atoms with Gasteiger partial charge in [0.05, 0.1) is 5.69 Å². The van der Waals surface area contributed by atoms with Gasteiger partial charge >= 0.3 is 0 Å². The minimum absolute atomic E-state index is 0.685. The smallest absolute Gasteiger partial charge is 0.227 e. The van der Waals surface area contributed by atoms with Crippen molar-refractivity contribution in [3.8, 4) is 11.3 Å². The molecule has 0 saturated carbocycles. The van der Waals surface area contributed by atoms with E-state index in [1.807, 2.05) is 37.4 Å². The molecule has 0 aliphatic rings. The lowest BCUT2D eigenvalue weighted by Gasteiger charge is -2.02. The maximum atomic E-state index is 6.01. The molecule has 0 spiro atoms. The van der Waals surface area contributed by atoms with E-state index in [0.29, 0.717) is 5.71 Å². The van der Waals surface area contributed by atoms with E-state index < -0.39 is 0 Å². The number of hydrogen-bond donors (Lipinski definition) is 0. The summed E-state index contributed by atoms with van der Waals surface area (Å²) in [4.78, 5) is 8.95. The average Bonchev–Trinajstić information content (AvgIpc) is 2.84. The second kappa shape index (κ2) is 4.42. The van der Waals surface area contributed by atoms with Crippen molar-refractivity contribution in [2.24, 2.45) is 0 Å². The number of rotatable bonds is 1. The van der Waals surface area contributed by atoms with Gasteiger partial charge in [-0.2, -0.15) is 0 Å². The Morgan fingerprint density at radius 2 is 1.86 bits per heavy atom. The highest BCUT2D eigenvalue weighted by molar-refractivity contribution is 6.08. The van der Waals surface area contributed by atoms with Crippen molar-refractivity contribution in [2.75, 3.05) is 0 Å². The van der Waals surface area contributed by atoms with E-state index in [1.165, 1.54) is 5.56 Å².